The molecule has 0 saturated carbocycles. The first kappa shape index (κ1) is 12.4. The van der Waals surface area contributed by atoms with Gasteiger partial charge >= 0.3 is 5.97 Å². The molecule has 0 bridgehead atoms. The molecule has 0 aromatic carbocycles. The highest BCUT2D eigenvalue weighted by atomic mass is 32.2. The number of rotatable bonds is 4. The van der Waals surface area contributed by atoms with Gasteiger partial charge in [0.15, 0.2) is 9.84 Å². The minimum absolute atomic E-state index is 0.0259. The Morgan fingerprint density at radius 3 is 2.47 bits per heavy atom. The van der Waals surface area contributed by atoms with E-state index < -0.39 is 27.3 Å². The van der Waals surface area contributed by atoms with Gasteiger partial charge in [0.05, 0.1) is 23.0 Å². The van der Waals surface area contributed by atoms with Gasteiger partial charge in [-0.2, -0.15) is 0 Å². The quantitative estimate of drug-likeness (QED) is 0.719. The van der Waals surface area contributed by atoms with E-state index >= 15 is 0 Å². The zero-order valence-corrected chi connectivity index (χ0v) is 9.46. The van der Waals surface area contributed by atoms with Crippen molar-refractivity contribution in [3.8, 4) is 0 Å². The van der Waals surface area contributed by atoms with Gasteiger partial charge in [-0.1, -0.05) is 6.92 Å². The molecule has 2 atom stereocenters. The molecule has 1 saturated heterocycles. The molecule has 1 fully saturated rings. The first-order chi connectivity index (χ1) is 6.81. The molecule has 2 unspecified atom stereocenters. The third-order valence-electron chi connectivity index (χ3n) is 2.94. The van der Waals surface area contributed by atoms with Crippen LogP contribution in [0, 0.1) is 5.41 Å². The van der Waals surface area contributed by atoms with Crippen LogP contribution in [0.15, 0.2) is 0 Å². The molecule has 88 valence electrons. The number of aliphatic hydroxyl groups excluding tert-OH is 1. The molecule has 0 radical (unpaired) electrons. The van der Waals surface area contributed by atoms with Gasteiger partial charge in [0.25, 0.3) is 0 Å². The first-order valence-electron chi connectivity index (χ1n) is 4.93. The monoisotopic (exact) mass is 236 g/mol. The summed E-state index contributed by atoms with van der Waals surface area (Å²) >= 11 is 0. The van der Waals surface area contributed by atoms with Crippen LogP contribution in [0.5, 0.6) is 0 Å². The van der Waals surface area contributed by atoms with Crippen LogP contribution < -0.4 is 0 Å². The molecule has 6 heteroatoms. The van der Waals surface area contributed by atoms with E-state index in [2.05, 4.69) is 0 Å². The van der Waals surface area contributed by atoms with Crippen LogP contribution in [0.2, 0.25) is 0 Å². The third kappa shape index (κ3) is 2.69. The van der Waals surface area contributed by atoms with Gasteiger partial charge in [0, 0.05) is 0 Å². The number of sulfone groups is 1. The number of aliphatic carboxylic acids is 1. The molecule has 1 rings (SSSR count). The lowest BCUT2D eigenvalue weighted by Gasteiger charge is -2.24. The van der Waals surface area contributed by atoms with E-state index in [1.165, 1.54) is 0 Å². The van der Waals surface area contributed by atoms with Crippen LogP contribution in [0.1, 0.15) is 26.2 Å². The van der Waals surface area contributed by atoms with E-state index in [1.807, 2.05) is 0 Å². The molecule has 1 heterocycles. The van der Waals surface area contributed by atoms with E-state index in [0.29, 0.717) is 6.42 Å². The summed E-state index contributed by atoms with van der Waals surface area (Å²) in [5.41, 5.74) is -1.27. The van der Waals surface area contributed by atoms with Crippen molar-refractivity contribution in [1.82, 2.24) is 0 Å². The van der Waals surface area contributed by atoms with Crippen LogP contribution >= 0.6 is 0 Å². The van der Waals surface area contributed by atoms with Crippen molar-refractivity contribution in [2.24, 2.45) is 5.41 Å². The number of carboxylic acid groups (broad SMARTS) is 1. The number of hydrogen-bond donors (Lipinski definition) is 2. The van der Waals surface area contributed by atoms with Crippen molar-refractivity contribution in [1.29, 1.82) is 0 Å². The maximum absolute atomic E-state index is 11.3. The Labute approximate surface area is 89.0 Å². The molecular weight excluding hydrogens is 220 g/mol. The van der Waals surface area contributed by atoms with Crippen LogP contribution in [-0.2, 0) is 14.6 Å². The Bertz CT molecular complexity index is 348. The Morgan fingerprint density at radius 1 is 1.53 bits per heavy atom. The molecule has 2 N–H and O–H groups in total. The van der Waals surface area contributed by atoms with E-state index in [-0.39, 0.29) is 24.3 Å². The molecule has 0 spiro atoms. The fourth-order valence-corrected chi connectivity index (χ4v) is 4.00. The average Bonchev–Trinajstić information content (AvgIpc) is 2.43. The number of hydrogen-bond acceptors (Lipinski definition) is 4. The SMILES string of the molecule is CCC(O)CC1(C(=O)O)CCS(=O)(=O)C1. The second-order valence-corrected chi connectivity index (χ2v) is 6.38. The highest BCUT2D eigenvalue weighted by Crippen LogP contribution is 2.37. The Balaban J connectivity index is 2.88. The standard InChI is InChI=1S/C9H16O5S/c1-2-7(10)5-9(8(11)12)3-4-15(13,14)6-9/h7,10H,2-6H2,1H3,(H,11,12). The summed E-state index contributed by atoms with van der Waals surface area (Å²) in [5.74, 6) is -1.54. The van der Waals surface area contributed by atoms with Crippen molar-refractivity contribution in [3.05, 3.63) is 0 Å². The second kappa shape index (κ2) is 4.09. The maximum Gasteiger partial charge on any atom is 0.310 e. The van der Waals surface area contributed by atoms with Gasteiger partial charge in [-0.15, -0.1) is 0 Å². The lowest BCUT2D eigenvalue weighted by atomic mass is 9.81. The summed E-state index contributed by atoms with van der Waals surface area (Å²) in [5, 5.41) is 18.5. The van der Waals surface area contributed by atoms with Crippen molar-refractivity contribution >= 4 is 15.8 Å². The second-order valence-electron chi connectivity index (χ2n) is 4.19. The van der Waals surface area contributed by atoms with E-state index in [4.69, 9.17) is 5.11 Å². The smallest absolute Gasteiger partial charge is 0.310 e. The summed E-state index contributed by atoms with van der Waals surface area (Å²) in [4.78, 5) is 11.1. The maximum atomic E-state index is 11.3. The number of carbonyl (C=O) groups is 1. The molecule has 0 aliphatic carbocycles. The summed E-state index contributed by atoms with van der Waals surface area (Å²) in [6.45, 7) is 1.74. The fraction of sp³-hybridized carbons (Fsp3) is 0.889. The first-order valence-corrected chi connectivity index (χ1v) is 6.75. The van der Waals surface area contributed by atoms with Gasteiger partial charge in [-0.05, 0) is 19.3 Å². The van der Waals surface area contributed by atoms with E-state index in [9.17, 15) is 18.3 Å². The molecule has 0 amide bonds. The van der Waals surface area contributed by atoms with Crippen molar-refractivity contribution < 1.29 is 23.4 Å². The van der Waals surface area contributed by atoms with Crippen molar-refractivity contribution in [2.45, 2.75) is 32.3 Å². The number of aliphatic hydroxyl groups is 1. The summed E-state index contributed by atoms with van der Waals surface area (Å²) in [6, 6.07) is 0. The molecule has 15 heavy (non-hydrogen) atoms. The molecule has 0 aromatic heterocycles. The Kier molecular flexibility index (Phi) is 3.40. The summed E-state index contributed by atoms with van der Waals surface area (Å²) in [7, 11) is -3.24. The van der Waals surface area contributed by atoms with E-state index in [1.54, 1.807) is 6.92 Å². The molecule has 1 aliphatic heterocycles. The molecular formula is C9H16O5S. The van der Waals surface area contributed by atoms with Crippen molar-refractivity contribution in [2.75, 3.05) is 11.5 Å². The Hall–Kier alpha value is -0.620. The van der Waals surface area contributed by atoms with Gasteiger partial charge in [-0.25, -0.2) is 8.42 Å². The predicted octanol–water partition coefficient (Wildman–Crippen LogP) is 0.0369. The van der Waals surface area contributed by atoms with E-state index in [0.717, 1.165) is 0 Å². The van der Waals surface area contributed by atoms with Crippen LogP contribution in [0.25, 0.3) is 0 Å². The summed E-state index contributed by atoms with van der Waals surface area (Å²) in [6.07, 6.45) is -0.163. The van der Waals surface area contributed by atoms with Gasteiger partial charge < -0.3 is 10.2 Å². The zero-order valence-electron chi connectivity index (χ0n) is 8.64. The summed E-state index contributed by atoms with van der Waals surface area (Å²) < 4.78 is 22.6. The largest absolute Gasteiger partial charge is 0.481 e. The van der Waals surface area contributed by atoms with Crippen LogP contribution in [-0.4, -0.2) is 42.2 Å². The molecule has 0 aromatic rings. The third-order valence-corrected chi connectivity index (χ3v) is 4.76. The normalized spacial score (nSPS) is 31.3. The van der Waals surface area contributed by atoms with Crippen molar-refractivity contribution in [3.63, 3.8) is 0 Å². The topological polar surface area (TPSA) is 91.7 Å². The lowest BCUT2D eigenvalue weighted by molar-refractivity contribution is -0.149. The van der Waals surface area contributed by atoms with Gasteiger partial charge in [-0.3, -0.25) is 4.79 Å². The highest BCUT2D eigenvalue weighted by molar-refractivity contribution is 7.91. The molecule has 1 aliphatic rings. The minimum atomic E-state index is -3.24. The lowest BCUT2D eigenvalue weighted by Crippen LogP contribution is -2.36. The minimum Gasteiger partial charge on any atom is -0.481 e. The Morgan fingerprint density at radius 2 is 2.13 bits per heavy atom. The molecule has 5 nitrogen and oxygen atoms in total. The fourth-order valence-electron chi connectivity index (χ4n) is 1.93. The van der Waals surface area contributed by atoms with Crippen LogP contribution in [0.4, 0.5) is 0 Å². The predicted molar refractivity (Wildman–Crippen MR) is 54.3 cm³/mol. The highest BCUT2D eigenvalue weighted by Gasteiger charge is 2.49. The average molecular weight is 236 g/mol. The van der Waals surface area contributed by atoms with Crippen LogP contribution in [0.3, 0.4) is 0 Å². The van der Waals surface area contributed by atoms with Gasteiger partial charge in [0.1, 0.15) is 0 Å². The number of carboxylic acids is 1. The zero-order chi connectivity index (χ0) is 11.7. The van der Waals surface area contributed by atoms with Gasteiger partial charge in [0.2, 0.25) is 0 Å².